The molecule has 5 heteroatoms. The average molecular weight is 325 g/mol. The highest BCUT2D eigenvalue weighted by atomic mass is 16.4. The molecule has 0 spiro atoms. The maximum Gasteiger partial charge on any atom is 0.356 e. The molecular formula is C19H23N3O2. The van der Waals surface area contributed by atoms with Gasteiger partial charge in [0.15, 0.2) is 5.69 Å². The third-order valence-corrected chi connectivity index (χ3v) is 3.14. The van der Waals surface area contributed by atoms with E-state index >= 15 is 0 Å². The van der Waals surface area contributed by atoms with Crippen molar-refractivity contribution in [3.63, 3.8) is 0 Å². The van der Waals surface area contributed by atoms with E-state index in [4.69, 9.17) is 10.8 Å². The van der Waals surface area contributed by atoms with Crippen LogP contribution < -0.4 is 5.73 Å². The van der Waals surface area contributed by atoms with E-state index < -0.39 is 5.97 Å². The number of imidazole rings is 1. The highest BCUT2D eigenvalue weighted by Crippen LogP contribution is 2.04. The number of carbonyl (C=O) groups is 1. The lowest BCUT2D eigenvalue weighted by Gasteiger charge is -2.00. The number of nitrogens with zero attached hydrogens (tertiary/aromatic N) is 2. The molecule has 0 fully saturated rings. The first-order valence-corrected chi connectivity index (χ1v) is 7.16. The molecule has 3 rings (SSSR count). The van der Waals surface area contributed by atoms with Gasteiger partial charge < -0.3 is 15.4 Å². The number of rotatable bonds is 3. The smallest absolute Gasteiger partial charge is 0.356 e. The number of aryl methyl sites for hydroxylation is 1. The van der Waals surface area contributed by atoms with E-state index in [1.807, 2.05) is 61.5 Å². The predicted molar refractivity (Wildman–Crippen MR) is 97.1 cm³/mol. The minimum absolute atomic E-state index is 0. The van der Waals surface area contributed by atoms with Gasteiger partial charge in [-0.1, -0.05) is 55.5 Å². The molecule has 1 aromatic heterocycles. The maximum atomic E-state index is 10.6. The van der Waals surface area contributed by atoms with Crippen LogP contribution in [0.3, 0.4) is 0 Å². The summed E-state index contributed by atoms with van der Waals surface area (Å²) in [5, 5.41) is 8.69. The van der Waals surface area contributed by atoms with E-state index in [-0.39, 0.29) is 13.1 Å². The zero-order chi connectivity index (χ0) is 16.7. The molecule has 0 aliphatic heterocycles. The second-order valence-electron chi connectivity index (χ2n) is 5.13. The molecule has 2 aromatic carbocycles. The molecule has 0 amide bonds. The van der Waals surface area contributed by atoms with Gasteiger partial charge in [0.25, 0.3) is 0 Å². The molecule has 24 heavy (non-hydrogen) atoms. The fraction of sp³-hybridized carbons (Fsp3) is 0.158. The second-order valence-corrected chi connectivity index (χ2v) is 5.13. The van der Waals surface area contributed by atoms with Crippen LogP contribution in [0.4, 0.5) is 5.69 Å². The van der Waals surface area contributed by atoms with Crippen LogP contribution >= 0.6 is 0 Å². The third kappa shape index (κ3) is 5.96. The molecular weight excluding hydrogens is 302 g/mol. The van der Waals surface area contributed by atoms with Crippen molar-refractivity contribution in [2.75, 3.05) is 5.73 Å². The zero-order valence-corrected chi connectivity index (χ0v) is 12.9. The van der Waals surface area contributed by atoms with Crippen LogP contribution in [0.25, 0.3) is 0 Å². The van der Waals surface area contributed by atoms with Crippen LogP contribution in [0.2, 0.25) is 0 Å². The lowest BCUT2D eigenvalue weighted by molar-refractivity contribution is 0.0691. The van der Waals surface area contributed by atoms with Crippen LogP contribution in [0, 0.1) is 6.92 Å². The standard InChI is InChI=1S/C11H10N2O2.C7H9N.CH4/c14-11(15)10-7-13(8-12-10)6-9-4-2-1-3-5-9;1-6-2-4-7(8)5-3-6;/h1-5,7-8H,6H2,(H,14,15);2-5H,8H2,1H3;1H4. The fourth-order valence-electron chi connectivity index (χ4n) is 1.92. The molecule has 0 bridgehead atoms. The van der Waals surface area contributed by atoms with E-state index in [2.05, 4.69) is 4.98 Å². The maximum absolute atomic E-state index is 10.6. The van der Waals surface area contributed by atoms with Crippen molar-refractivity contribution in [3.8, 4) is 0 Å². The number of carboxylic acids is 1. The number of carboxylic acid groups (broad SMARTS) is 1. The lowest BCUT2D eigenvalue weighted by atomic mass is 10.2. The molecule has 5 nitrogen and oxygen atoms in total. The number of benzene rings is 2. The number of anilines is 1. The Kier molecular flexibility index (Phi) is 7.23. The topological polar surface area (TPSA) is 81.1 Å². The van der Waals surface area contributed by atoms with Gasteiger partial charge in [0.05, 0.1) is 6.33 Å². The summed E-state index contributed by atoms with van der Waals surface area (Å²) in [5.74, 6) is -0.998. The Balaban J connectivity index is 0.000000273. The van der Waals surface area contributed by atoms with E-state index in [0.29, 0.717) is 6.54 Å². The molecule has 0 atom stereocenters. The zero-order valence-electron chi connectivity index (χ0n) is 12.9. The summed E-state index contributed by atoms with van der Waals surface area (Å²) in [7, 11) is 0. The molecule has 1 heterocycles. The summed E-state index contributed by atoms with van der Waals surface area (Å²) < 4.78 is 1.75. The Bertz CT molecular complexity index is 729. The van der Waals surface area contributed by atoms with E-state index in [1.54, 1.807) is 4.57 Å². The van der Waals surface area contributed by atoms with E-state index in [1.165, 1.54) is 18.1 Å². The molecule has 0 aliphatic carbocycles. The van der Waals surface area contributed by atoms with Crippen LogP contribution in [0.1, 0.15) is 29.0 Å². The van der Waals surface area contributed by atoms with Gasteiger partial charge in [-0.2, -0.15) is 0 Å². The van der Waals surface area contributed by atoms with E-state index in [9.17, 15) is 4.79 Å². The van der Waals surface area contributed by atoms with Crippen LogP contribution in [0.15, 0.2) is 67.1 Å². The van der Waals surface area contributed by atoms with Gasteiger partial charge in [0.2, 0.25) is 0 Å². The number of hydrogen-bond donors (Lipinski definition) is 2. The fourth-order valence-corrected chi connectivity index (χ4v) is 1.92. The van der Waals surface area contributed by atoms with Gasteiger partial charge in [0, 0.05) is 18.4 Å². The third-order valence-electron chi connectivity index (χ3n) is 3.14. The number of nitrogens with two attached hydrogens (primary N) is 1. The highest BCUT2D eigenvalue weighted by Gasteiger charge is 2.05. The van der Waals surface area contributed by atoms with Gasteiger partial charge in [0.1, 0.15) is 0 Å². The van der Waals surface area contributed by atoms with Crippen molar-refractivity contribution in [1.82, 2.24) is 9.55 Å². The molecule has 0 radical (unpaired) electrons. The minimum Gasteiger partial charge on any atom is -0.476 e. The average Bonchev–Trinajstić information content (AvgIpc) is 3.01. The Morgan fingerprint density at radius 1 is 1.12 bits per heavy atom. The first-order valence-electron chi connectivity index (χ1n) is 7.16. The summed E-state index contributed by atoms with van der Waals surface area (Å²) in [6.07, 6.45) is 3.05. The van der Waals surface area contributed by atoms with Crippen molar-refractivity contribution >= 4 is 11.7 Å². The van der Waals surface area contributed by atoms with Crippen molar-refractivity contribution in [2.45, 2.75) is 20.9 Å². The summed E-state index contributed by atoms with van der Waals surface area (Å²) in [6, 6.07) is 17.6. The second kappa shape index (κ2) is 9.15. The summed E-state index contributed by atoms with van der Waals surface area (Å²) in [4.78, 5) is 14.4. The van der Waals surface area contributed by atoms with Crippen molar-refractivity contribution in [3.05, 3.63) is 83.9 Å². The molecule has 126 valence electrons. The number of aromatic nitrogens is 2. The highest BCUT2D eigenvalue weighted by molar-refractivity contribution is 5.84. The number of hydrogen-bond acceptors (Lipinski definition) is 3. The SMILES string of the molecule is C.Cc1ccc(N)cc1.O=C(O)c1cn(Cc2ccccc2)cn1. The van der Waals surface area contributed by atoms with Crippen LogP contribution in [-0.2, 0) is 6.54 Å². The van der Waals surface area contributed by atoms with Gasteiger partial charge in [-0.25, -0.2) is 9.78 Å². The Morgan fingerprint density at radius 2 is 1.75 bits per heavy atom. The minimum atomic E-state index is -0.998. The molecule has 3 N–H and O–H groups in total. The quantitative estimate of drug-likeness (QED) is 0.717. The van der Waals surface area contributed by atoms with E-state index in [0.717, 1.165) is 11.3 Å². The van der Waals surface area contributed by atoms with Crippen molar-refractivity contribution in [2.24, 2.45) is 0 Å². The number of aromatic carboxylic acids is 1. The molecule has 0 saturated heterocycles. The van der Waals surface area contributed by atoms with Crippen molar-refractivity contribution < 1.29 is 9.90 Å². The molecule has 0 saturated carbocycles. The molecule has 0 unspecified atom stereocenters. The normalized spacial score (nSPS) is 9.38. The summed E-state index contributed by atoms with van der Waals surface area (Å²) in [5.41, 5.74) is 8.70. The Hall–Kier alpha value is -3.08. The Labute approximate surface area is 142 Å². The first kappa shape index (κ1) is 19.0. The predicted octanol–water partition coefficient (Wildman–Crippen LogP) is 3.84. The monoisotopic (exact) mass is 325 g/mol. The first-order chi connectivity index (χ1) is 11.0. The lowest BCUT2D eigenvalue weighted by Crippen LogP contribution is -1.98. The summed E-state index contributed by atoms with van der Waals surface area (Å²) >= 11 is 0. The van der Waals surface area contributed by atoms with Crippen LogP contribution in [0.5, 0.6) is 0 Å². The Morgan fingerprint density at radius 3 is 2.25 bits per heavy atom. The number of nitrogen functional groups attached to an aromatic ring is 1. The van der Waals surface area contributed by atoms with Gasteiger partial charge in [-0.3, -0.25) is 0 Å². The van der Waals surface area contributed by atoms with Gasteiger partial charge in [-0.05, 0) is 24.6 Å². The summed E-state index contributed by atoms with van der Waals surface area (Å²) in [6.45, 7) is 2.68. The largest absolute Gasteiger partial charge is 0.476 e. The van der Waals surface area contributed by atoms with Gasteiger partial charge in [-0.15, -0.1) is 0 Å². The van der Waals surface area contributed by atoms with Crippen LogP contribution in [-0.4, -0.2) is 20.6 Å². The molecule has 3 aromatic rings. The van der Waals surface area contributed by atoms with Crippen molar-refractivity contribution in [1.29, 1.82) is 0 Å². The van der Waals surface area contributed by atoms with Gasteiger partial charge >= 0.3 is 5.97 Å². The molecule has 0 aliphatic rings.